The van der Waals surface area contributed by atoms with E-state index in [9.17, 15) is 14.7 Å². The maximum Gasteiger partial charge on any atom is 0.247 e. The van der Waals surface area contributed by atoms with Crippen LogP contribution >= 0.6 is 0 Å². The van der Waals surface area contributed by atoms with Gasteiger partial charge in [0.2, 0.25) is 11.8 Å². The quantitative estimate of drug-likeness (QED) is 0.606. The van der Waals surface area contributed by atoms with Crippen LogP contribution in [0.2, 0.25) is 0 Å². The second-order valence-electron chi connectivity index (χ2n) is 7.71. The number of nitrogens with one attached hydrogen (secondary N) is 2. The third-order valence-electron chi connectivity index (χ3n) is 4.43. The van der Waals surface area contributed by atoms with Crippen molar-refractivity contribution in [2.75, 3.05) is 19.7 Å². The van der Waals surface area contributed by atoms with Crippen LogP contribution in [-0.2, 0) is 9.59 Å². The number of rotatable bonds is 7. The van der Waals surface area contributed by atoms with Crippen LogP contribution in [0.4, 0.5) is 0 Å². The molecule has 24 heavy (non-hydrogen) atoms. The minimum Gasteiger partial charge on any atom is -0.395 e. The number of hydrogen-bond acceptors (Lipinski definition) is 4. The van der Waals surface area contributed by atoms with Crippen LogP contribution in [0, 0.1) is 5.92 Å². The Morgan fingerprint density at radius 1 is 1.42 bits per heavy atom. The molecule has 3 atom stereocenters. The average molecular weight is 339 g/mol. The molecule has 0 spiro atoms. The molecule has 1 heterocycles. The molecule has 0 aromatic rings. The van der Waals surface area contributed by atoms with E-state index in [2.05, 4.69) is 29.0 Å². The largest absolute Gasteiger partial charge is 0.395 e. The molecule has 6 nitrogen and oxygen atoms in total. The lowest BCUT2D eigenvalue weighted by Crippen LogP contribution is -2.66. The summed E-state index contributed by atoms with van der Waals surface area (Å²) < 4.78 is 0. The highest BCUT2D eigenvalue weighted by Gasteiger charge is 2.57. The van der Waals surface area contributed by atoms with Crippen molar-refractivity contribution in [3.63, 3.8) is 0 Å². The second-order valence-corrected chi connectivity index (χ2v) is 7.71. The van der Waals surface area contributed by atoms with Crippen LogP contribution < -0.4 is 10.6 Å². The van der Waals surface area contributed by atoms with Gasteiger partial charge in [-0.2, -0.15) is 0 Å². The van der Waals surface area contributed by atoms with Crippen molar-refractivity contribution in [2.45, 2.75) is 64.6 Å². The molecule has 1 fully saturated rings. The van der Waals surface area contributed by atoms with Crippen LogP contribution in [0.1, 0.15) is 47.5 Å². The van der Waals surface area contributed by atoms with Crippen molar-refractivity contribution in [1.82, 2.24) is 15.5 Å². The first-order valence-corrected chi connectivity index (χ1v) is 8.68. The zero-order valence-corrected chi connectivity index (χ0v) is 15.7. The molecule has 1 aliphatic heterocycles. The SMILES string of the molecule is C=CCC1[C@@H](CO)N(CCC)CC1(NC(C)=O)C(=O)NC(C)(C)C. The molecule has 0 aliphatic carbocycles. The van der Waals surface area contributed by atoms with Crippen LogP contribution in [0.15, 0.2) is 12.7 Å². The summed E-state index contributed by atoms with van der Waals surface area (Å²) >= 11 is 0. The molecule has 0 aromatic carbocycles. The number of carbonyl (C=O) groups excluding carboxylic acids is 2. The van der Waals surface area contributed by atoms with Gasteiger partial charge in [-0.1, -0.05) is 13.0 Å². The van der Waals surface area contributed by atoms with E-state index in [1.807, 2.05) is 20.8 Å². The molecule has 3 N–H and O–H groups in total. The summed E-state index contributed by atoms with van der Waals surface area (Å²) in [5.74, 6) is -0.671. The van der Waals surface area contributed by atoms with Crippen molar-refractivity contribution in [3.8, 4) is 0 Å². The summed E-state index contributed by atoms with van der Waals surface area (Å²) in [6.45, 7) is 14.1. The van der Waals surface area contributed by atoms with Gasteiger partial charge < -0.3 is 15.7 Å². The van der Waals surface area contributed by atoms with Crippen molar-refractivity contribution < 1.29 is 14.7 Å². The van der Waals surface area contributed by atoms with Gasteiger partial charge in [-0.15, -0.1) is 6.58 Å². The highest BCUT2D eigenvalue weighted by molar-refractivity contribution is 5.92. The van der Waals surface area contributed by atoms with Gasteiger partial charge in [-0.25, -0.2) is 0 Å². The lowest BCUT2D eigenvalue weighted by molar-refractivity contribution is -0.135. The Morgan fingerprint density at radius 2 is 2.04 bits per heavy atom. The predicted octanol–water partition coefficient (Wildman–Crippen LogP) is 1.05. The van der Waals surface area contributed by atoms with E-state index in [4.69, 9.17) is 0 Å². The van der Waals surface area contributed by atoms with Crippen LogP contribution in [-0.4, -0.2) is 58.6 Å². The second kappa shape index (κ2) is 8.12. The van der Waals surface area contributed by atoms with Gasteiger partial charge in [0.05, 0.1) is 6.61 Å². The molecule has 1 aliphatic rings. The maximum absolute atomic E-state index is 13.1. The van der Waals surface area contributed by atoms with Gasteiger partial charge in [0.15, 0.2) is 0 Å². The lowest BCUT2D eigenvalue weighted by atomic mass is 9.79. The van der Waals surface area contributed by atoms with E-state index in [1.165, 1.54) is 6.92 Å². The van der Waals surface area contributed by atoms with Crippen molar-refractivity contribution in [3.05, 3.63) is 12.7 Å². The van der Waals surface area contributed by atoms with Gasteiger partial charge in [0.25, 0.3) is 0 Å². The van der Waals surface area contributed by atoms with Gasteiger partial charge in [0, 0.05) is 31.0 Å². The number of aliphatic hydroxyl groups excluding tert-OH is 1. The number of carbonyl (C=O) groups is 2. The van der Waals surface area contributed by atoms with E-state index in [0.717, 1.165) is 13.0 Å². The van der Waals surface area contributed by atoms with Gasteiger partial charge >= 0.3 is 0 Å². The first-order valence-electron chi connectivity index (χ1n) is 8.68. The Bertz CT molecular complexity index is 473. The number of hydrogen-bond donors (Lipinski definition) is 3. The number of aliphatic hydroxyl groups is 1. The molecule has 0 saturated carbocycles. The first kappa shape index (κ1) is 20.6. The Labute approximate surface area is 145 Å². The first-order chi connectivity index (χ1) is 11.1. The third kappa shape index (κ3) is 4.57. The van der Waals surface area contributed by atoms with Crippen molar-refractivity contribution in [1.29, 1.82) is 0 Å². The fourth-order valence-corrected chi connectivity index (χ4v) is 3.65. The number of nitrogens with zero attached hydrogens (tertiary/aromatic N) is 1. The average Bonchev–Trinajstić information content (AvgIpc) is 2.71. The lowest BCUT2D eigenvalue weighted by Gasteiger charge is -2.37. The minimum atomic E-state index is -1.06. The topological polar surface area (TPSA) is 81.7 Å². The molecule has 138 valence electrons. The van der Waals surface area contributed by atoms with E-state index in [1.54, 1.807) is 6.08 Å². The van der Waals surface area contributed by atoms with E-state index < -0.39 is 11.1 Å². The van der Waals surface area contributed by atoms with Crippen molar-refractivity contribution in [2.24, 2.45) is 5.92 Å². The molecule has 0 aromatic heterocycles. The third-order valence-corrected chi connectivity index (χ3v) is 4.43. The molecule has 2 amide bonds. The Kier molecular flexibility index (Phi) is 6.98. The van der Waals surface area contributed by atoms with Crippen molar-refractivity contribution >= 4 is 11.8 Å². The molecular formula is C18H33N3O3. The molecule has 2 unspecified atom stereocenters. The summed E-state index contributed by atoms with van der Waals surface area (Å²) in [6.07, 6.45) is 3.21. The van der Waals surface area contributed by atoms with Crippen LogP contribution in [0.5, 0.6) is 0 Å². The summed E-state index contributed by atoms with van der Waals surface area (Å²) in [4.78, 5) is 27.1. The normalized spacial score (nSPS) is 27.8. The number of allylic oxidation sites excluding steroid dienone is 1. The molecule has 1 saturated heterocycles. The summed E-state index contributed by atoms with van der Waals surface area (Å²) in [5.41, 5.74) is -1.47. The highest BCUT2D eigenvalue weighted by atomic mass is 16.3. The zero-order chi connectivity index (χ0) is 18.5. The minimum absolute atomic E-state index is 0.0529. The van der Waals surface area contributed by atoms with E-state index >= 15 is 0 Å². The number of amides is 2. The zero-order valence-electron chi connectivity index (χ0n) is 15.7. The van der Waals surface area contributed by atoms with Crippen LogP contribution in [0.25, 0.3) is 0 Å². The fourth-order valence-electron chi connectivity index (χ4n) is 3.65. The predicted molar refractivity (Wildman–Crippen MR) is 95.5 cm³/mol. The smallest absolute Gasteiger partial charge is 0.247 e. The standard InChI is InChI=1S/C18H33N3O3/c1-7-9-14-15(11-22)21(10-8-2)12-18(14,19-13(3)23)16(24)20-17(4,5)6/h7,14-15,22H,1,8-12H2,2-6H3,(H,19,23)(H,20,24)/t14?,15-,18?/m1/s1. The Balaban J connectivity index is 3.32. The van der Waals surface area contributed by atoms with Gasteiger partial charge in [0.1, 0.15) is 5.54 Å². The monoisotopic (exact) mass is 339 g/mol. The maximum atomic E-state index is 13.1. The summed E-state index contributed by atoms with van der Waals surface area (Å²) in [6, 6.07) is -0.180. The number of likely N-dealkylation sites (tertiary alicyclic amines) is 1. The highest BCUT2D eigenvalue weighted by Crippen LogP contribution is 2.37. The summed E-state index contributed by atoms with van der Waals surface area (Å²) in [5, 5.41) is 15.8. The molecule has 0 radical (unpaired) electrons. The molecular weight excluding hydrogens is 306 g/mol. The summed E-state index contributed by atoms with van der Waals surface area (Å²) in [7, 11) is 0. The van der Waals surface area contributed by atoms with Gasteiger partial charge in [-0.05, 0) is 40.2 Å². The molecule has 0 bridgehead atoms. The molecule has 6 heteroatoms. The Morgan fingerprint density at radius 3 is 2.46 bits per heavy atom. The fraction of sp³-hybridized carbons (Fsp3) is 0.778. The van der Waals surface area contributed by atoms with E-state index in [-0.39, 0.29) is 30.4 Å². The van der Waals surface area contributed by atoms with E-state index in [0.29, 0.717) is 13.0 Å². The Hall–Kier alpha value is -1.40. The van der Waals surface area contributed by atoms with Gasteiger partial charge in [-0.3, -0.25) is 14.5 Å². The molecule has 1 rings (SSSR count). The van der Waals surface area contributed by atoms with Crippen LogP contribution in [0.3, 0.4) is 0 Å².